The van der Waals surface area contributed by atoms with Crippen molar-refractivity contribution < 1.29 is 9.59 Å². The highest BCUT2D eigenvalue weighted by Gasteiger charge is 2.59. The molecule has 0 aliphatic carbocycles. The van der Waals surface area contributed by atoms with Crippen LogP contribution >= 0.6 is 11.3 Å². The molecule has 32 heavy (non-hydrogen) atoms. The average Bonchev–Trinajstić information content (AvgIpc) is 3.44. The Morgan fingerprint density at radius 3 is 1.91 bits per heavy atom. The molecule has 0 bridgehead atoms. The number of nitrogens with zero attached hydrogens (tertiary/aromatic N) is 3. The van der Waals surface area contributed by atoms with Crippen molar-refractivity contribution >= 4 is 34.1 Å². The molecule has 1 N–H and O–H groups in total. The fraction of sp³-hybridized carbons (Fsp3) is 0.0800. The number of aromatic nitrogens is 1. The van der Waals surface area contributed by atoms with Gasteiger partial charge in [0.05, 0.1) is 12.4 Å². The molecule has 1 saturated heterocycles. The lowest BCUT2D eigenvalue weighted by atomic mass is 9.81. The standard InChI is InChI=1S/C25H20N4O2S/c30-22-25(19-10-4-1-5-11-19,20-12-6-2-7-13-20)28(18-27-23-26-16-17-32-23)24(31)29(22)21-14-8-3-9-15-21/h1-17H,18H2,(H,26,27). The van der Waals surface area contributed by atoms with Crippen LogP contribution in [0.1, 0.15) is 11.1 Å². The van der Waals surface area contributed by atoms with Crippen LogP contribution in [0.4, 0.5) is 15.6 Å². The molecule has 0 unspecified atom stereocenters. The summed E-state index contributed by atoms with van der Waals surface area (Å²) in [6.07, 6.45) is 1.70. The zero-order valence-corrected chi connectivity index (χ0v) is 17.9. The summed E-state index contributed by atoms with van der Waals surface area (Å²) < 4.78 is 0. The van der Waals surface area contributed by atoms with Crippen molar-refractivity contribution in [2.75, 3.05) is 16.9 Å². The molecule has 1 aromatic heterocycles. The van der Waals surface area contributed by atoms with E-state index >= 15 is 0 Å². The van der Waals surface area contributed by atoms with Crippen LogP contribution in [0.25, 0.3) is 0 Å². The summed E-state index contributed by atoms with van der Waals surface area (Å²) in [6, 6.07) is 27.6. The number of imide groups is 1. The molecule has 0 saturated carbocycles. The summed E-state index contributed by atoms with van der Waals surface area (Å²) in [6.45, 7) is 0.116. The Labute approximate surface area is 189 Å². The molecule has 0 spiro atoms. The highest BCUT2D eigenvalue weighted by atomic mass is 32.1. The molecule has 6 nitrogen and oxygen atoms in total. The Hall–Kier alpha value is -3.97. The van der Waals surface area contributed by atoms with Gasteiger partial charge < -0.3 is 5.32 Å². The van der Waals surface area contributed by atoms with E-state index in [1.165, 1.54) is 16.2 Å². The zero-order chi connectivity index (χ0) is 22.0. The lowest BCUT2D eigenvalue weighted by Gasteiger charge is -2.36. The van der Waals surface area contributed by atoms with E-state index in [-0.39, 0.29) is 12.6 Å². The molecule has 3 aromatic carbocycles. The summed E-state index contributed by atoms with van der Waals surface area (Å²) in [5, 5.41) is 5.75. The van der Waals surface area contributed by atoms with Crippen molar-refractivity contribution in [3.8, 4) is 0 Å². The quantitative estimate of drug-likeness (QED) is 0.432. The van der Waals surface area contributed by atoms with Crippen molar-refractivity contribution in [1.29, 1.82) is 0 Å². The number of carbonyl (C=O) groups excluding carboxylic acids is 2. The Kier molecular flexibility index (Phi) is 5.17. The average molecular weight is 441 g/mol. The number of hydrogen-bond acceptors (Lipinski definition) is 5. The van der Waals surface area contributed by atoms with Gasteiger partial charge in [-0.1, -0.05) is 78.9 Å². The van der Waals surface area contributed by atoms with Gasteiger partial charge in [-0.2, -0.15) is 0 Å². The van der Waals surface area contributed by atoms with Crippen molar-refractivity contribution in [3.05, 3.63) is 114 Å². The van der Waals surface area contributed by atoms with E-state index in [4.69, 9.17) is 0 Å². The lowest BCUT2D eigenvalue weighted by molar-refractivity contribution is -0.123. The number of nitrogens with one attached hydrogen (secondary N) is 1. The second-order valence-corrected chi connectivity index (χ2v) is 8.20. The first-order valence-electron chi connectivity index (χ1n) is 10.2. The van der Waals surface area contributed by atoms with Gasteiger partial charge in [-0.15, -0.1) is 11.3 Å². The topological polar surface area (TPSA) is 65.5 Å². The highest BCUT2D eigenvalue weighted by molar-refractivity contribution is 7.13. The van der Waals surface area contributed by atoms with Crippen LogP contribution in [0.3, 0.4) is 0 Å². The molecule has 7 heteroatoms. The molecule has 4 aromatic rings. The number of thiazole rings is 1. The minimum absolute atomic E-state index is 0.116. The van der Waals surface area contributed by atoms with Crippen LogP contribution in [0.5, 0.6) is 0 Å². The zero-order valence-electron chi connectivity index (χ0n) is 17.1. The summed E-state index contributed by atoms with van der Waals surface area (Å²) in [5.74, 6) is -0.313. The molecule has 158 valence electrons. The van der Waals surface area contributed by atoms with Crippen LogP contribution in [0.2, 0.25) is 0 Å². The minimum Gasteiger partial charge on any atom is -0.344 e. The Bertz CT molecular complexity index is 1180. The first-order valence-corrected chi connectivity index (χ1v) is 11.1. The summed E-state index contributed by atoms with van der Waals surface area (Å²) >= 11 is 1.44. The van der Waals surface area contributed by atoms with E-state index in [1.54, 1.807) is 23.2 Å². The van der Waals surface area contributed by atoms with Gasteiger partial charge in [-0.05, 0) is 23.3 Å². The van der Waals surface area contributed by atoms with Crippen molar-refractivity contribution in [3.63, 3.8) is 0 Å². The highest BCUT2D eigenvalue weighted by Crippen LogP contribution is 2.44. The molecule has 0 atom stereocenters. The molecule has 3 amide bonds. The number of benzene rings is 3. The molecule has 1 aliphatic heterocycles. The number of urea groups is 1. The number of amides is 3. The number of para-hydroxylation sites is 1. The van der Waals surface area contributed by atoms with E-state index in [2.05, 4.69) is 10.3 Å². The Balaban J connectivity index is 1.71. The van der Waals surface area contributed by atoms with E-state index < -0.39 is 11.6 Å². The van der Waals surface area contributed by atoms with Crippen LogP contribution in [0.15, 0.2) is 103 Å². The maximum absolute atomic E-state index is 14.2. The third kappa shape index (κ3) is 3.14. The fourth-order valence-corrected chi connectivity index (χ4v) is 4.68. The van der Waals surface area contributed by atoms with Crippen molar-refractivity contribution in [1.82, 2.24) is 9.88 Å². The second-order valence-electron chi connectivity index (χ2n) is 7.30. The van der Waals surface area contributed by atoms with Gasteiger partial charge in [0.1, 0.15) is 0 Å². The van der Waals surface area contributed by atoms with Crippen LogP contribution in [0, 0.1) is 0 Å². The van der Waals surface area contributed by atoms with E-state index in [0.29, 0.717) is 10.8 Å². The smallest absolute Gasteiger partial charge is 0.334 e. The Morgan fingerprint density at radius 1 is 0.812 bits per heavy atom. The molecule has 0 radical (unpaired) electrons. The molecular weight excluding hydrogens is 420 g/mol. The van der Waals surface area contributed by atoms with Crippen LogP contribution in [-0.4, -0.2) is 28.5 Å². The van der Waals surface area contributed by atoms with Gasteiger partial charge >= 0.3 is 6.03 Å². The maximum atomic E-state index is 14.2. The lowest BCUT2D eigenvalue weighted by Crippen LogP contribution is -2.49. The summed E-state index contributed by atoms with van der Waals surface area (Å²) in [5.41, 5.74) is 0.669. The van der Waals surface area contributed by atoms with Gasteiger partial charge in [0, 0.05) is 11.6 Å². The SMILES string of the molecule is O=C1N(c2ccccc2)C(=O)C(c2ccccc2)(c2ccccc2)N1CNc1nccs1. The largest absolute Gasteiger partial charge is 0.344 e. The number of hydrogen-bond donors (Lipinski definition) is 1. The van der Waals surface area contributed by atoms with Crippen molar-refractivity contribution in [2.45, 2.75) is 5.54 Å². The number of anilines is 2. The predicted octanol–water partition coefficient (Wildman–Crippen LogP) is 4.93. The maximum Gasteiger partial charge on any atom is 0.334 e. The third-order valence-corrected chi connectivity index (χ3v) is 6.29. The fourth-order valence-electron chi connectivity index (χ4n) is 4.16. The molecule has 2 heterocycles. The van der Waals surface area contributed by atoms with E-state index in [9.17, 15) is 9.59 Å². The van der Waals surface area contributed by atoms with Gasteiger partial charge in [-0.25, -0.2) is 14.7 Å². The van der Waals surface area contributed by atoms with Gasteiger partial charge in [0.15, 0.2) is 10.7 Å². The molecule has 5 rings (SSSR count). The van der Waals surface area contributed by atoms with Gasteiger partial charge in [0.25, 0.3) is 5.91 Å². The van der Waals surface area contributed by atoms with Crippen LogP contribution in [-0.2, 0) is 10.3 Å². The monoisotopic (exact) mass is 440 g/mol. The van der Waals surface area contributed by atoms with E-state index in [1.807, 2.05) is 84.2 Å². The summed E-state index contributed by atoms with van der Waals surface area (Å²) in [4.78, 5) is 35.2. The normalized spacial score (nSPS) is 15.2. The first-order chi connectivity index (χ1) is 15.7. The van der Waals surface area contributed by atoms with Gasteiger partial charge in [0.2, 0.25) is 0 Å². The first kappa shape index (κ1) is 20.0. The molecule has 1 aliphatic rings. The number of rotatable bonds is 6. The second kappa shape index (κ2) is 8.28. The number of carbonyl (C=O) groups is 2. The Morgan fingerprint density at radius 2 is 1.38 bits per heavy atom. The predicted molar refractivity (Wildman–Crippen MR) is 125 cm³/mol. The molecule has 1 fully saturated rings. The summed E-state index contributed by atoms with van der Waals surface area (Å²) in [7, 11) is 0. The van der Waals surface area contributed by atoms with E-state index in [0.717, 1.165) is 11.1 Å². The van der Waals surface area contributed by atoms with Gasteiger partial charge in [-0.3, -0.25) is 9.69 Å². The minimum atomic E-state index is -1.32. The van der Waals surface area contributed by atoms with Crippen LogP contribution < -0.4 is 10.2 Å². The van der Waals surface area contributed by atoms with Crippen molar-refractivity contribution in [2.24, 2.45) is 0 Å². The molecular formula is C25H20N4O2S. The third-order valence-electron chi connectivity index (χ3n) is 5.56.